The molecule has 0 aliphatic heterocycles. The first kappa shape index (κ1) is 21.8. The van der Waals surface area contributed by atoms with Crippen molar-refractivity contribution in [3.05, 3.63) is 86.6 Å². The van der Waals surface area contributed by atoms with E-state index >= 15 is 0 Å². The van der Waals surface area contributed by atoms with Crippen molar-refractivity contribution >= 4 is 29.2 Å². The van der Waals surface area contributed by atoms with Gasteiger partial charge in [-0.1, -0.05) is 35.0 Å². The summed E-state index contributed by atoms with van der Waals surface area (Å²) in [5, 5.41) is 18.7. The van der Waals surface area contributed by atoms with Crippen molar-refractivity contribution in [1.29, 1.82) is 0 Å². The number of carbonyl (C=O) groups is 1. The van der Waals surface area contributed by atoms with Crippen molar-refractivity contribution < 1.29 is 19.3 Å². The minimum atomic E-state index is -0.774. The van der Waals surface area contributed by atoms with Crippen molar-refractivity contribution in [3.8, 4) is 5.75 Å². The summed E-state index contributed by atoms with van der Waals surface area (Å²) in [4.78, 5) is 26.8. The second-order valence-electron chi connectivity index (χ2n) is 6.40. The van der Waals surface area contributed by atoms with Crippen molar-refractivity contribution in [3.63, 3.8) is 0 Å². The first-order chi connectivity index (χ1) is 14.8. The summed E-state index contributed by atoms with van der Waals surface area (Å²) in [6, 6.07) is 15.3. The second-order valence-corrected chi connectivity index (χ2v) is 6.81. The van der Waals surface area contributed by atoms with E-state index in [4.69, 9.17) is 26.9 Å². The minimum Gasteiger partial charge on any atom is -0.489 e. The van der Waals surface area contributed by atoms with Crippen LogP contribution in [-0.2, 0) is 22.8 Å². The Morgan fingerprint density at radius 3 is 2.61 bits per heavy atom. The predicted octanol–water partition coefficient (Wildman–Crippen LogP) is 3.20. The number of rotatable bonds is 8. The van der Waals surface area contributed by atoms with Gasteiger partial charge in [0.25, 0.3) is 0 Å². The van der Waals surface area contributed by atoms with Gasteiger partial charge in [0.2, 0.25) is 0 Å². The number of hydrogen-bond donors (Lipinski definition) is 1. The van der Waals surface area contributed by atoms with E-state index < -0.39 is 10.9 Å². The van der Waals surface area contributed by atoms with Crippen LogP contribution in [0.25, 0.3) is 0 Å². The topological polar surface area (TPSA) is 135 Å². The first-order valence-electron chi connectivity index (χ1n) is 9.02. The Hall–Kier alpha value is -3.92. The van der Waals surface area contributed by atoms with Gasteiger partial charge in [-0.25, -0.2) is 4.79 Å². The molecule has 10 nitrogen and oxygen atoms in total. The number of ether oxygens (including phenoxy) is 1. The van der Waals surface area contributed by atoms with Gasteiger partial charge in [-0.3, -0.25) is 0 Å². The zero-order valence-electron chi connectivity index (χ0n) is 16.4. The standard InChI is InChI=1S/C20H18ClN5O5/c1-13-10-18(26(28)29)23-25(13)11-19(27)31-24-20(22)14-6-8-16(9-7-14)30-12-15-4-2-3-5-17(15)21/h2-10H,11-12H2,1H3,(H2,22,24). The Morgan fingerprint density at radius 1 is 1.26 bits per heavy atom. The summed E-state index contributed by atoms with van der Waals surface area (Å²) < 4.78 is 6.84. The van der Waals surface area contributed by atoms with E-state index in [1.54, 1.807) is 37.3 Å². The van der Waals surface area contributed by atoms with E-state index in [9.17, 15) is 14.9 Å². The monoisotopic (exact) mass is 443 g/mol. The fourth-order valence-electron chi connectivity index (χ4n) is 2.54. The molecule has 2 N–H and O–H groups in total. The number of carbonyl (C=O) groups excluding carboxylic acids is 1. The molecule has 2 aromatic carbocycles. The Morgan fingerprint density at radius 2 is 1.97 bits per heavy atom. The van der Waals surface area contributed by atoms with E-state index in [2.05, 4.69) is 10.3 Å². The molecule has 0 fully saturated rings. The zero-order chi connectivity index (χ0) is 22.4. The number of aryl methyl sites for hydroxylation is 1. The van der Waals surface area contributed by atoms with E-state index in [0.29, 0.717) is 28.6 Å². The summed E-state index contributed by atoms with van der Waals surface area (Å²) in [5.41, 5.74) is 7.66. The molecule has 0 aliphatic rings. The van der Waals surface area contributed by atoms with Crippen molar-refractivity contribution in [2.24, 2.45) is 10.9 Å². The maximum Gasteiger partial charge on any atom is 0.390 e. The molecule has 31 heavy (non-hydrogen) atoms. The van der Waals surface area contributed by atoms with E-state index in [1.807, 2.05) is 18.2 Å². The average molecular weight is 444 g/mol. The van der Waals surface area contributed by atoms with Crippen molar-refractivity contribution in [1.82, 2.24) is 9.78 Å². The molecule has 0 unspecified atom stereocenters. The summed E-state index contributed by atoms with van der Waals surface area (Å²) in [6.07, 6.45) is 0. The smallest absolute Gasteiger partial charge is 0.390 e. The Bertz CT molecular complexity index is 1130. The van der Waals surface area contributed by atoms with Crippen LogP contribution in [0.3, 0.4) is 0 Å². The Balaban J connectivity index is 1.55. The van der Waals surface area contributed by atoms with Gasteiger partial charge in [0, 0.05) is 16.1 Å². The van der Waals surface area contributed by atoms with Crippen LogP contribution in [0.15, 0.2) is 59.8 Å². The van der Waals surface area contributed by atoms with E-state index in [1.165, 1.54) is 6.07 Å². The molecule has 0 amide bonds. The largest absolute Gasteiger partial charge is 0.489 e. The Kier molecular flexibility index (Phi) is 6.83. The lowest BCUT2D eigenvalue weighted by Crippen LogP contribution is -2.18. The van der Waals surface area contributed by atoms with E-state index in [-0.39, 0.29) is 18.2 Å². The summed E-state index contributed by atoms with van der Waals surface area (Å²) in [5.74, 6) is -0.549. The number of aromatic nitrogens is 2. The molecule has 0 saturated heterocycles. The van der Waals surface area contributed by atoms with Crippen molar-refractivity contribution in [2.75, 3.05) is 0 Å². The van der Waals surface area contributed by atoms with Crippen LogP contribution in [-0.4, -0.2) is 26.5 Å². The highest BCUT2D eigenvalue weighted by atomic mass is 35.5. The number of benzene rings is 2. The minimum absolute atomic E-state index is 0.0193. The maximum atomic E-state index is 11.9. The molecule has 160 valence electrons. The number of amidine groups is 1. The summed E-state index contributed by atoms with van der Waals surface area (Å²) in [6.45, 7) is 1.55. The third kappa shape index (κ3) is 5.80. The van der Waals surface area contributed by atoms with Crippen LogP contribution in [0.4, 0.5) is 5.82 Å². The third-order valence-corrected chi connectivity index (χ3v) is 4.55. The molecule has 0 aliphatic carbocycles. The van der Waals surface area contributed by atoms with Gasteiger partial charge in [0.15, 0.2) is 12.4 Å². The maximum absolute atomic E-state index is 11.9. The number of hydrogen-bond acceptors (Lipinski definition) is 7. The molecule has 3 rings (SSSR count). The molecule has 0 saturated carbocycles. The molecule has 0 spiro atoms. The normalized spacial score (nSPS) is 11.2. The molecule has 3 aromatic rings. The molecule has 0 bridgehead atoms. The summed E-state index contributed by atoms with van der Waals surface area (Å²) in [7, 11) is 0. The highest BCUT2D eigenvalue weighted by Crippen LogP contribution is 2.19. The number of halogens is 1. The second kappa shape index (κ2) is 9.72. The first-order valence-corrected chi connectivity index (χ1v) is 9.40. The van der Waals surface area contributed by atoms with Crippen LogP contribution in [0.5, 0.6) is 5.75 Å². The van der Waals surface area contributed by atoms with Crippen LogP contribution < -0.4 is 10.5 Å². The van der Waals surface area contributed by atoms with Gasteiger partial charge in [0.05, 0.1) is 16.9 Å². The third-order valence-electron chi connectivity index (χ3n) is 4.18. The lowest BCUT2D eigenvalue weighted by atomic mass is 10.2. The van der Waals surface area contributed by atoms with Gasteiger partial charge in [-0.05, 0) is 42.2 Å². The van der Waals surface area contributed by atoms with Crippen LogP contribution in [0.2, 0.25) is 5.02 Å². The van der Waals surface area contributed by atoms with Gasteiger partial charge >= 0.3 is 11.8 Å². The lowest BCUT2D eigenvalue weighted by Gasteiger charge is -2.08. The number of nitro groups is 1. The SMILES string of the molecule is Cc1cc([N+](=O)[O-])nn1CC(=O)O/N=C(\N)c1ccc(OCc2ccccc2Cl)cc1. The molecule has 1 aromatic heterocycles. The molecule has 0 atom stereocenters. The Labute approximate surface area is 182 Å². The van der Waals surface area contributed by atoms with Crippen LogP contribution in [0.1, 0.15) is 16.8 Å². The molecule has 11 heteroatoms. The highest BCUT2D eigenvalue weighted by Gasteiger charge is 2.18. The fourth-order valence-corrected chi connectivity index (χ4v) is 2.73. The van der Waals surface area contributed by atoms with Gasteiger partial charge in [0.1, 0.15) is 12.4 Å². The molecule has 1 heterocycles. The average Bonchev–Trinajstić information content (AvgIpc) is 3.12. The number of oxime groups is 1. The summed E-state index contributed by atoms with van der Waals surface area (Å²) >= 11 is 6.10. The van der Waals surface area contributed by atoms with Gasteiger partial charge < -0.3 is 25.4 Å². The fraction of sp³-hybridized carbons (Fsp3) is 0.150. The van der Waals surface area contributed by atoms with E-state index in [0.717, 1.165) is 10.2 Å². The molecular weight excluding hydrogens is 426 g/mol. The number of nitrogens with zero attached hydrogens (tertiary/aromatic N) is 4. The predicted molar refractivity (Wildman–Crippen MR) is 113 cm³/mol. The molecular formula is C20H18ClN5O5. The highest BCUT2D eigenvalue weighted by molar-refractivity contribution is 6.31. The quantitative estimate of drug-likeness (QED) is 0.185. The van der Waals surface area contributed by atoms with Gasteiger partial charge in [-0.15, -0.1) is 0 Å². The van der Waals surface area contributed by atoms with Crippen molar-refractivity contribution in [2.45, 2.75) is 20.1 Å². The number of nitrogens with two attached hydrogens (primary N) is 1. The van der Waals surface area contributed by atoms with Crippen LogP contribution >= 0.6 is 11.6 Å². The molecule has 0 radical (unpaired) electrons. The zero-order valence-corrected chi connectivity index (χ0v) is 17.2. The lowest BCUT2D eigenvalue weighted by molar-refractivity contribution is -0.389. The van der Waals surface area contributed by atoms with Gasteiger partial charge in [-0.2, -0.15) is 4.68 Å². The van der Waals surface area contributed by atoms with Crippen LogP contribution in [0, 0.1) is 17.0 Å².